The van der Waals surface area contributed by atoms with Gasteiger partial charge in [0.1, 0.15) is 11.6 Å². The number of phenolic OH excluding ortho intramolecular Hbond substituents is 1. The normalized spacial score (nSPS) is 16.6. The minimum Gasteiger partial charge on any atom is -0.507 e. The van der Waals surface area contributed by atoms with E-state index in [1.165, 1.54) is 22.6 Å². The molecule has 0 amide bonds. The minimum absolute atomic E-state index is 0.00106. The first-order valence-corrected chi connectivity index (χ1v) is 9.40. The Morgan fingerprint density at radius 2 is 1.85 bits per heavy atom. The SMILES string of the molecule is C/C(=C(\F)c1ccc(C(=O)O)cc1O)c1ccc2c(c1)C(C)(C)CCS2. The van der Waals surface area contributed by atoms with Crippen LogP contribution in [0.3, 0.4) is 0 Å². The summed E-state index contributed by atoms with van der Waals surface area (Å²) < 4.78 is 15.0. The van der Waals surface area contributed by atoms with Crippen LogP contribution in [-0.2, 0) is 5.41 Å². The molecule has 0 saturated heterocycles. The highest BCUT2D eigenvalue weighted by atomic mass is 32.2. The Morgan fingerprint density at radius 3 is 2.50 bits per heavy atom. The maximum atomic E-state index is 15.0. The minimum atomic E-state index is -1.16. The van der Waals surface area contributed by atoms with Crippen LogP contribution in [0.15, 0.2) is 41.3 Å². The van der Waals surface area contributed by atoms with E-state index in [1.54, 1.807) is 6.92 Å². The summed E-state index contributed by atoms with van der Waals surface area (Å²) in [6, 6.07) is 9.61. The number of thioether (sulfide) groups is 1. The third kappa shape index (κ3) is 3.36. The lowest BCUT2D eigenvalue weighted by molar-refractivity contribution is 0.0696. The summed E-state index contributed by atoms with van der Waals surface area (Å²) in [4.78, 5) is 12.2. The number of carboxylic acids is 1. The van der Waals surface area contributed by atoms with Gasteiger partial charge in [0.05, 0.1) is 11.1 Å². The molecular formula is C21H21FO3S. The van der Waals surface area contributed by atoms with Gasteiger partial charge in [-0.2, -0.15) is 0 Å². The number of fused-ring (bicyclic) bond motifs is 1. The van der Waals surface area contributed by atoms with Gasteiger partial charge in [-0.1, -0.05) is 19.9 Å². The molecule has 0 radical (unpaired) electrons. The second-order valence-electron chi connectivity index (χ2n) is 7.17. The van der Waals surface area contributed by atoms with Crippen LogP contribution in [0.25, 0.3) is 11.4 Å². The molecule has 136 valence electrons. The van der Waals surface area contributed by atoms with Gasteiger partial charge in [0.15, 0.2) is 0 Å². The summed E-state index contributed by atoms with van der Waals surface area (Å²) in [5, 5.41) is 19.0. The maximum absolute atomic E-state index is 15.0. The molecule has 3 rings (SSSR count). The van der Waals surface area contributed by atoms with Crippen LogP contribution in [0.2, 0.25) is 0 Å². The van der Waals surface area contributed by atoms with Gasteiger partial charge in [0.2, 0.25) is 0 Å². The lowest BCUT2D eigenvalue weighted by atomic mass is 9.80. The fourth-order valence-electron chi connectivity index (χ4n) is 3.15. The lowest BCUT2D eigenvalue weighted by Gasteiger charge is -2.32. The zero-order chi connectivity index (χ0) is 19.1. The molecule has 0 bridgehead atoms. The molecule has 1 aliphatic rings. The molecule has 0 aromatic heterocycles. The zero-order valence-electron chi connectivity index (χ0n) is 15.0. The summed E-state index contributed by atoms with van der Waals surface area (Å²) >= 11 is 1.82. The Morgan fingerprint density at radius 1 is 1.15 bits per heavy atom. The van der Waals surface area contributed by atoms with Gasteiger partial charge < -0.3 is 10.2 Å². The number of benzene rings is 2. The number of hydrogen-bond donors (Lipinski definition) is 2. The van der Waals surface area contributed by atoms with Crippen molar-refractivity contribution in [3.63, 3.8) is 0 Å². The molecule has 2 N–H and O–H groups in total. The number of carboxylic acid groups (broad SMARTS) is 1. The van der Waals surface area contributed by atoms with E-state index in [2.05, 4.69) is 13.8 Å². The zero-order valence-corrected chi connectivity index (χ0v) is 15.8. The average molecular weight is 372 g/mol. The molecule has 0 saturated carbocycles. The van der Waals surface area contributed by atoms with Crippen molar-refractivity contribution in [3.05, 3.63) is 58.7 Å². The number of aromatic carboxylic acids is 1. The summed E-state index contributed by atoms with van der Waals surface area (Å²) in [7, 11) is 0. The highest BCUT2D eigenvalue weighted by Crippen LogP contribution is 2.43. The first-order valence-electron chi connectivity index (χ1n) is 8.41. The van der Waals surface area contributed by atoms with E-state index in [1.807, 2.05) is 30.0 Å². The van der Waals surface area contributed by atoms with Crippen LogP contribution in [-0.4, -0.2) is 21.9 Å². The van der Waals surface area contributed by atoms with Crippen molar-refractivity contribution in [3.8, 4) is 5.75 Å². The molecule has 0 spiro atoms. The predicted molar refractivity (Wildman–Crippen MR) is 103 cm³/mol. The Balaban J connectivity index is 2.05. The van der Waals surface area contributed by atoms with Crippen molar-refractivity contribution in [2.75, 3.05) is 5.75 Å². The number of hydrogen-bond acceptors (Lipinski definition) is 3. The quantitative estimate of drug-likeness (QED) is 0.677. The Hall–Kier alpha value is -2.27. The van der Waals surface area contributed by atoms with Crippen LogP contribution >= 0.6 is 11.8 Å². The fourth-order valence-corrected chi connectivity index (χ4v) is 4.64. The smallest absolute Gasteiger partial charge is 0.335 e. The predicted octanol–water partition coefficient (Wildman–Crippen LogP) is 5.72. The monoisotopic (exact) mass is 372 g/mol. The van der Waals surface area contributed by atoms with Gasteiger partial charge in [-0.3, -0.25) is 0 Å². The molecule has 0 fully saturated rings. The van der Waals surface area contributed by atoms with E-state index in [-0.39, 0.29) is 22.3 Å². The summed E-state index contributed by atoms with van der Waals surface area (Å²) in [5.41, 5.74) is 2.35. The molecule has 1 heterocycles. The van der Waals surface area contributed by atoms with Crippen LogP contribution < -0.4 is 0 Å². The number of halogens is 1. The van der Waals surface area contributed by atoms with Gasteiger partial charge in [0, 0.05) is 4.90 Å². The molecular weight excluding hydrogens is 351 g/mol. The second kappa shape index (κ2) is 6.80. The summed E-state index contributed by atoms with van der Waals surface area (Å²) in [6.07, 6.45) is 1.07. The molecule has 2 aromatic rings. The van der Waals surface area contributed by atoms with Crippen molar-refractivity contribution in [2.24, 2.45) is 0 Å². The average Bonchev–Trinajstić information content (AvgIpc) is 2.60. The second-order valence-corrected chi connectivity index (χ2v) is 8.31. The first-order chi connectivity index (χ1) is 12.2. The molecule has 0 unspecified atom stereocenters. The van der Waals surface area contributed by atoms with Gasteiger partial charge in [0.25, 0.3) is 0 Å². The molecule has 0 atom stereocenters. The lowest BCUT2D eigenvalue weighted by Crippen LogP contribution is -2.22. The number of aromatic hydroxyl groups is 1. The maximum Gasteiger partial charge on any atom is 0.335 e. The Labute approximate surface area is 156 Å². The highest BCUT2D eigenvalue weighted by Gasteiger charge is 2.28. The molecule has 1 aliphatic heterocycles. The van der Waals surface area contributed by atoms with E-state index in [4.69, 9.17) is 5.11 Å². The molecule has 3 nitrogen and oxygen atoms in total. The van der Waals surface area contributed by atoms with Crippen LogP contribution in [0.4, 0.5) is 4.39 Å². The van der Waals surface area contributed by atoms with Gasteiger partial charge in [-0.25, -0.2) is 9.18 Å². The molecule has 26 heavy (non-hydrogen) atoms. The van der Waals surface area contributed by atoms with E-state index in [0.717, 1.165) is 23.8 Å². The van der Waals surface area contributed by atoms with Crippen molar-refractivity contribution in [1.82, 2.24) is 0 Å². The number of allylic oxidation sites excluding steroid dienone is 1. The topological polar surface area (TPSA) is 57.5 Å². The van der Waals surface area contributed by atoms with Crippen molar-refractivity contribution < 1.29 is 19.4 Å². The van der Waals surface area contributed by atoms with E-state index >= 15 is 0 Å². The van der Waals surface area contributed by atoms with Crippen LogP contribution in [0.5, 0.6) is 5.75 Å². The van der Waals surface area contributed by atoms with Crippen LogP contribution in [0.1, 0.15) is 54.2 Å². The van der Waals surface area contributed by atoms with Crippen LogP contribution in [0, 0.1) is 0 Å². The number of phenols is 1. The van der Waals surface area contributed by atoms with E-state index < -0.39 is 11.8 Å². The summed E-state index contributed by atoms with van der Waals surface area (Å²) in [6.45, 7) is 6.06. The van der Waals surface area contributed by atoms with E-state index in [9.17, 15) is 14.3 Å². The third-order valence-electron chi connectivity index (χ3n) is 4.94. The Kier molecular flexibility index (Phi) is 4.84. The first kappa shape index (κ1) is 18.5. The molecule has 0 aliphatic carbocycles. The van der Waals surface area contributed by atoms with Crippen molar-refractivity contribution >= 4 is 29.1 Å². The fraction of sp³-hybridized carbons (Fsp3) is 0.286. The standard InChI is InChI=1S/C21H21FO3S/c1-12(19(22)15-6-4-14(20(24)25)11-17(15)23)13-5-7-18-16(10-13)21(2,3)8-9-26-18/h4-7,10-11,23H,8-9H2,1-3H3,(H,24,25)/b19-12+. The third-order valence-corrected chi connectivity index (χ3v) is 6.01. The van der Waals surface area contributed by atoms with E-state index in [0.29, 0.717) is 5.57 Å². The molecule has 5 heteroatoms. The van der Waals surface area contributed by atoms with Gasteiger partial charge >= 0.3 is 5.97 Å². The largest absolute Gasteiger partial charge is 0.507 e. The van der Waals surface area contributed by atoms with Crippen molar-refractivity contribution in [1.29, 1.82) is 0 Å². The van der Waals surface area contributed by atoms with Gasteiger partial charge in [-0.15, -0.1) is 11.8 Å². The number of carbonyl (C=O) groups is 1. The number of rotatable bonds is 3. The molecule has 2 aromatic carbocycles. The highest BCUT2D eigenvalue weighted by molar-refractivity contribution is 7.99. The van der Waals surface area contributed by atoms with Crippen molar-refractivity contribution in [2.45, 2.75) is 37.5 Å². The summed E-state index contributed by atoms with van der Waals surface area (Å²) in [5.74, 6) is -1.02. The van der Waals surface area contributed by atoms with Gasteiger partial charge in [-0.05, 0) is 71.5 Å². The Bertz CT molecular complexity index is 915.